The first-order valence-corrected chi connectivity index (χ1v) is 12.0. The molecule has 5 heterocycles. The van der Waals surface area contributed by atoms with Crippen molar-refractivity contribution in [1.29, 1.82) is 0 Å². The number of nitrogens with one attached hydrogen (secondary N) is 2. The summed E-state index contributed by atoms with van der Waals surface area (Å²) in [6.45, 7) is 6.77. The molecule has 0 aromatic carbocycles. The summed E-state index contributed by atoms with van der Waals surface area (Å²) in [5.74, 6) is 0.264. The van der Waals surface area contributed by atoms with Crippen molar-refractivity contribution in [1.82, 2.24) is 29.8 Å². The van der Waals surface area contributed by atoms with Crippen LogP contribution in [-0.4, -0.2) is 61.8 Å². The third-order valence-electron chi connectivity index (χ3n) is 6.63. The molecule has 1 saturated heterocycles. The molecule has 2 aliphatic rings. The van der Waals surface area contributed by atoms with Crippen molar-refractivity contribution in [2.45, 2.75) is 32.7 Å². The van der Waals surface area contributed by atoms with Gasteiger partial charge in [0.15, 0.2) is 10.9 Å². The van der Waals surface area contributed by atoms with Gasteiger partial charge in [0.25, 0.3) is 0 Å². The Kier molecular flexibility index (Phi) is 4.80. The largest absolute Gasteiger partial charge is 0.356 e. The molecule has 0 radical (unpaired) electrons. The molecular weight excluding hydrogens is 422 g/mol. The van der Waals surface area contributed by atoms with Crippen molar-refractivity contribution in [3.05, 3.63) is 46.5 Å². The van der Waals surface area contributed by atoms with Crippen molar-refractivity contribution in [2.24, 2.45) is 0 Å². The van der Waals surface area contributed by atoms with E-state index < -0.39 is 0 Å². The number of aromatic nitrogens is 5. The molecular formula is C23H25N7OS. The molecule has 1 aliphatic heterocycles. The number of ketones is 1. The maximum absolute atomic E-state index is 12.4. The number of rotatable bonds is 4. The van der Waals surface area contributed by atoms with Crippen LogP contribution < -0.4 is 4.90 Å². The average molecular weight is 448 g/mol. The van der Waals surface area contributed by atoms with Crippen LogP contribution in [0.3, 0.4) is 0 Å². The summed E-state index contributed by atoms with van der Waals surface area (Å²) in [6.07, 6.45) is 8.04. The van der Waals surface area contributed by atoms with Crippen molar-refractivity contribution < 1.29 is 4.79 Å². The van der Waals surface area contributed by atoms with Gasteiger partial charge in [-0.25, -0.2) is 15.0 Å². The molecule has 1 aliphatic carbocycles. The Morgan fingerprint density at radius 2 is 2.06 bits per heavy atom. The number of H-pyrrole nitrogens is 2. The molecule has 9 heteroatoms. The number of aryl methyl sites for hydroxylation is 1. The highest BCUT2D eigenvalue weighted by molar-refractivity contribution is 7.14. The smallest absolute Gasteiger partial charge is 0.186 e. The molecule has 0 saturated carbocycles. The van der Waals surface area contributed by atoms with Crippen LogP contribution in [0, 0.1) is 6.92 Å². The van der Waals surface area contributed by atoms with E-state index in [9.17, 15) is 4.79 Å². The van der Waals surface area contributed by atoms with E-state index in [1.807, 2.05) is 19.3 Å². The lowest BCUT2D eigenvalue weighted by molar-refractivity contribution is 0.0972. The van der Waals surface area contributed by atoms with Gasteiger partial charge in [-0.05, 0) is 30.9 Å². The topological polar surface area (TPSA) is 93.8 Å². The SMILES string of the molecule is Cc1[nH]c(-c2csc(N3CCN(Cc4c[nH]c5ncncc45)CC3)n2)c2c1C(=O)CCC2. The molecule has 0 atom stereocenters. The van der Waals surface area contributed by atoms with E-state index in [0.29, 0.717) is 6.42 Å². The van der Waals surface area contributed by atoms with E-state index in [1.54, 1.807) is 17.7 Å². The quantitative estimate of drug-likeness (QED) is 0.497. The number of anilines is 1. The lowest BCUT2D eigenvalue weighted by Gasteiger charge is -2.34. The Bertz CT molecular complexity index is 1290. The average Bonchev–Trinajstić information content (AvgIpc) is 3.53. The minimum atomic E-state index is 0.264. The number of hydrogen-bond acceptors (Lipinski definition) is 7. The summed E-state index contributed by atoms with van der Waals surface area (Å²) in [5.41, 5.74) is 7.17. The number of thiazole rings is 1. The highest BCUT2D eigenvalue weighted by Gasteiger charge is 2.27. The van der Waals surface area contributed by atoms with Crippen molar-refractivity contribution in [3.8, 4) is 11.4 Å². The molecule has 6 rings (SSSR count). The van der Waals surface area contributed by atoms with Gasteiger partial charge >= 0.3 is 0 Å². The van der Waals surface area contributed by atoms with Crippen LogP contribution in [0.1, 0.15) is 40.0 Å². The molecule has 164 valence electrons. The van der Waals surface area contributed by atoms with Crippen LogP contribution >= 0.6 is 11.3 Å². The molecule has 0 amide bonds. The number of hydrogen-bond donors (Lipinski definition) is 2. The Labute approximate surface area is 189 Å². The highest BCUT2D eigenvalue weighted by atomic mass is 32.1. The maximum atomic E-state index is 12.4. The third-order valence-corrected chi connectivity index (χ3v) is 7.53. The molecule has 0 spiro atoms. The third kappa shape index (κ3) is 3.32. The number of aromatic amines is 2. The van der Waals surface area contributed by atoms with Gasteiger partial charge in [-0.15, -0.1) is 11.3 Å². The van der Waals surface area contributed by atoms with Crippen molar-refractivity contribution in [3.63, 3.8) is 0 Å². The standard InChI is InChI=1S/C23H25N7OS/c1-14-20-16(3-2-4-19(20)31)21(27-14)18-12-32-23(28-18)30-7-5-29(6-8-30)11-15-9-25-22-17(15)10-24-13-26-22/h9-10,12-13,27H,2-8,11H2,1H3,(H,24,25,26). The molecule has 1 fully saturated rings. The minimum Gasteiger partial charge on any atom is -0.356 e. The van der Waals surface area contributed by atoms with Gasteiger partial charge in [-0.1, -0.05) is 0 Å². The van der Waals surface area contributed by atoms with E-state index >= 15 is 0 Å². The maximum Gasteiger partial charge on any atom is 0.186 e. The summed E-state index contributed by atoms with van der Waals surface area (Å²) in [4.78, 5) is 37.3. The van der Waals surface area contributed by atoms with Crippen molar-refractivity contribution in [2.75, 3.05) is 31.1 Å². The predicted molar refractivity (Wildman–Crippen MR) is 125 cm³/mol. The van der Waals surface area contributed by atoms with E-state index in [2.05, 4.69) is 35.1 Å². The molecule has 8 nitrogen and oxygen atoms in total. The second-order valence-corrected chi connectivity index (χ2v) is 9.47. The zero-order valence-electron chi connectivity index (χ0n) is 18.0. The van der Waals surface area contributed by atoms with Crippen LogP contribution in [0.4, 0.5) is 5.13 Å². The first-order chi connectivity index (χ1) is 15.7. The van der Waals surface area contributed by atoms with Gasteiger partial charge in [0.1, 0.15) is 17.7 Å². The van der Waals surface area contributed by atoms with Gasteiger partial charge in [0.2, 0.25) is 0 Å². The predicted octanol–water partition coefficient (Wildman–Crippen LogP) is 3.56. The molecule has 4 aromatic rings. The van der Waals surface area contributed by atoms with Crippen LogP contribution in [0.25, 0.3) is 22.4 Å². The fourth-order valence-electron chi connectivity index (χ4n) is 4.98. The minimum absolute atomic E-state index is 0.264. The molecule has 0 unspecified atom stereocenters. The lowest BCUT2D eigenvalue weighted by Crippen LogP contribution is -2.45. The second-order valence-electron chi connectivity index (χ2n) is 8.63. The number of Topliss-reactive ketones (excluding diaryl/α,β-unsaturated/α-hetero) is 1. The van der Waals surface area contributed by atoms with Crippen LogP contribution in [-0.2, 0) is 13.0 Å². The zero-order valence-corrected chi connectivity index (χ0v) is 18.8. The number of fused-ring (bicyclic) bond motifs is 2. The zero-order chi connectivity index (χ0) is 21.7. The molecule has 2 N–H and O–H groups in total. The van der Waals surface area contributed by atoms with Crippen molar-refractivity contribution >= 4 is 33.3 Å². The van der Waals surface area contributed by atoms with Crippen LogP contribution in [0.15, 0.2) is 24.1 Å². The first kappa shape index (κ1) is 19.6. The number of nitrogens with zero attached hydrogens (tertiary/aromatic N) is 5. The lowest BCUT2D eigenvalue weighted by atomic mass is 9.91. The first-order valence-electron chi connectivity index (χ1n) is 11.1. The number of carbonyl (C=O) groups is 1. The van der Waals surface area contributed by atoms with E-state index in [-0.39, 0.29) is 5.78 Å². The van der Waals surface area contributed by atoms with E-state index in [0.717, 1.165) is 89.9 Å². The number of carbonyl (C=O) groups excluding carboxylic acids is 1. The fraction of sp³-hybridized carbons (Fsp3) is 0.391. The van der Waals surface area contributed by atoms with Gasteiger partial charge < -0.3 is 14.9 Å². The molecule has 4 aromatic heterocycles. The Morgan fingerprint density at radius 3 is 2.94 bits per heavy atom. The normalized spacial score (nSPS) is 17.3. The molecule has 32 heavy (non-hydrogen) atoms. The fourth-order valence-corrected chi connectivity index (χ4v) is 5.85. The summed E-state index contributed by atoms with van der Waals surface area (Å²) in [5, 5.41) is 4.28. The molecule has 0 bridgehead atoms. The summed E-state index contributed by atoms with van der Waals surface area (Å²) >= 11 is 1.69. The van der Waals surface area contributed by atoms with Gasteiger partial charge in [0.05, 0.1) is 5.69 Å². The van der Waals surface area contributed by atoms with Crippen LogP contribution in [0.2, 0.25) is 0 Å². The Balaban J connectivity index is 1.15. The monoisotopic (exact) mass is 447 g/mol. The van der Waals surface area contributed by atoms with Gasteiger partial charge in [-0.3, -0.25) is 9.69 Å². The van der Waals surface area contributed by atoms with Gasteiger partial charge in [-0.2, -0.15) is 0 Å². The van der Waals surface area contributed by atoms with Gasteiger partial charge in [0, 0.05) is 73.6 Å². The van der Waals surface area contributed by atoms with E-state index in [1.165, 1.54) is 5.56 Å². The second kappa shape index (κ2) is 7.83. The summed E-state index contributed by atoms with van der Waals surface area (Å²) in [7, 11) is 0. The number of piperazine rings is 1. The summed E-state index contributed by atoms with van der Waals surface area (Å²) in [6, 6.07) is 0. The Hall–Kier alpha value is -3.04. The Morgan fingerprint density at radius 1 is 1.19 bits per heavy atom. The highest BCUT2D eigenvalue weighted by Crippen LogP contribution is 2.35. The summed E-state index contributed by atoms with van der Waals surface area (Å²) < 4.78 is 0. The van der Waals surface area contributed by atoms with Crippen LogP contribution in [0.5, 0.6) is 0 Å². The van der Waals surface area contributed by atoms with E-state index in [4.69, 9.17) is 4.98 Å².